The molecule has 2 atom stereocenters. The number of aromatic nitrogens is 2. The SMILES string of the molecule is CCC(CC(CCN)OC)Nc1ncnc2sc(CC(F)(F)F)cc12. The lowest BCUT2D eigenvalue weighted by atomic mass is 10.0. The van der Waals surface area contributed by atoms with Crippen molar-refractivity contribution >= 4 is 27.4 Å². The van der Waals surface area contributed by atoms with Crippen molar-refractivity contribution in [2.75, 3.05) is 19.0 Å². The minimum atomic E-state index is -4.23. The van der Waals surface area contributed by atoms with Crippen molar-refractivity contribution in [1.29, 1.82) is 0 Å². The smallest absolute Gasteiger partial charge is 0.381 e. The molecule has 25 heavy (non-hydrogen) atoms. The summed E-state index contributed by atoms with van der Waals surface area (Å²) < 4.78 is 43.3. The number of thiophene rings is 1. The van der Waals surface area contributed by atoms with E-state index in [1.54, 1.807) is 7.11 Å². The first-order chi connectivity index (χ1) is 11.9. The molecular weight excluding hydrogens is 353 g/mol. The highest BCUT2D eigenvalue weighted by Crippen LogP contribution is 2.32. The molecule has 0 bridgehead atoms. The van der Waals surface area contributed by atoms with Crippen LogP contribution in [-0.2, 0) is 11.2 Å². The summed E-state index contributed by atoms with van der Waals surface area (Å²) in [7, 11) is 1.65. The molecule has 0 saturated heterocycles. The fourth-order valence-corrected chi connectivity index (χ4v) is 3.69. The second kappa shape index (κ2) is 8.77. The van der Waals surface area contributed by atoms with E-state index < -0.39 is 12.6 Å². The van der Waals surface area contributed by atoms with E-state index in [0.29, 0.717) is 22.6 Å². The highest BCUT2D eigenvalue weighted by molar-refractivity contribution is 7.18. The maximum Gasteiger partial charge on any atom is 0.393 e. The molecule has 9 heteroatoms. The largest absolute Gasteiger partial charge is 0.393 e. The molecule has 0 aliphatic carbocycles. The van der Waals surface area contributed by atoms with Crippen LogP contribution < -0.4 is 11.1 Å². The van der Waals surface area contributed by atoms with Crippen LogP contribution in [-0.4, -0.2) is 41.9 Å². The number of hydrogen-bond acceptors (Lipinski definition) is 6. The van der Waals surface area contributed by atoms with Gasteiger partial charge in [0.15, 0.2) is 0 Å². The van der Waals surface area contributed by atoms with Gasteiger partial charge in [-0.1, -0.05) is 6.92 Å². The van der Waals surface area contributed by atoms with Crippen LogP contribution in [0.2, 0.25) is 0 Å². The summed E-state index contributed by atoms with van der Waals surface area (Å²) >= 11 is 1.05. The number of ether oxygens (including phenoxy) is 1. The van der Waals surface area contributed by atoms with Gasteiger partial charge < -0.3 is 15.8 Å². The van der Waals surface area contributed by atoms with Crippen molar-refractivity contribution in [2.45, 2.75) is 50.9 Å². The van der Waals surface area contributed by atoms with Crippen LogP contribution in [0.1, 0.15) is 31.1 Å². The summed E-state index contributed by atoms with van der Waals surface area (Å²) in [5.41, 5.74) is 5.59. The highest BCUT2D eigenvalue weighted by Gasteiger charge is 2.29. The minimum Gasteiger partial charge on any atom is -0.381 e. The number of halogens is 3. The summed E-state index contributed by atoms with van der Waals surface area (Å²) in [5.74, 6) is 0.559. The average Bonchev–Trinajstić information content (AvgIpc) is 2.94. The van der Waals surface area contributed by atoms with Crippen LogP contribution >= 0.6 is 11.3 Å². The monoisotopic (exact) mass is 376 g/mol. The summed E-state index contributed by atoms with van der Waals surface area (Å²) in [6, 6.07) is 1.61. The predicted octanol–water partition coefficient (Wildman–Crippen LogP) is 3.74. The molecule has 140 valence electrons. The molecule has 0 fully saturated rings. The molecule has 0 aromatic carbocycles. The van der Waals surface area contributed by atoms with Crippen molar-refractivity contribution in [1.82, 2.24) is 9.97 Å². The van der Waals surface area contributed by atoms with Gasteiger partial charge in [-0.15, -0.1) is 11.3 Å². The lowest BCUT2D eigenvalue weighted by Gasteiger charge is -2.23. The number of fused-ring (bicyclic) bond motifs is 1. The van der Waals surface area contributed by atoms with Gasteiger partial charge >= 0.3 is 6.18 Å². The number of methoxy groups -OCH3 is 1. The van der Waals surface area contributed by atoms with Gasteiger partial charge in [0.05, 0.1) is 17.9 Å². The second-order valence-electron chi connectivity index (χ2n) is 5.87. The lowest BCUT2D eigenvalue weighted by Crippen LogP contribution is -2.28. The number of nitrogens with zero attached hydrogens (tertiary/aromatic N) is 2. The third kappa shape index (κ3) is 5.79. The van der Waals surface area contributed by atoms with Crippen molar-refractivity contribution in [3.05, 3.63) is 17.3 Å². The molecule has 0 radical (unpaired) electrons. The molecule has 0 spiro atoms. The average molecular weight is 376 g/mol. The van der Waals surface area contributed by atoms with E-state index >= 15 is 0 Å². The van der Waals surface area contributed by atoms with Crippen molar-refractivity contribution in [2.24, 2.45) is 5.73 Å². The molecule has 2 aromatic heterocycles. The zero-order valence-electron chi connectivity index (χ0n) is 14.3. The van der Waals surface area contributed by atoms with Crippen LogP contribution in [0.15, 0.2) is 12.4 Å². The summed E-state index contributed by atoms with van der Waals surface area (Å²) in [5, 5.41) is 3.95. The molecule has 2 aromatic rings. The van der Waals surface area contributed by atoms with Crippen molar-refractivity contribution in [3.63, 3.8) is 0 Å². The fraction of sp³-hybridized carbons (Fsp3) is 0.625. The number of rotatable bonds is 9. The highest BCUT2D eigenvalue weighted by atomic mass is 32.1. The Hall–Kier alpha value is -1.45. The molecule has 0 saturated carbocycles. The molecule has 0 aliphatic heterocycles. The lowest BCUT2D eigenvalue weighted by molar-refractivity contribution is -0.126. The van der Waals surface area contributed by atoms with E-state index in [4.69, 9.17) is 10.5 Å². The zero-order valence-corrected chi connectivity index (χ0v) is 15.1. The van der Waals surface area contributed by atoms with Crippen LogP contribution in [0.3, 0.4) is 0 Å². The van der Waals surface area contributed by atoms with Gasteiger partial charge in [0.25, 0.3) is 0 Å². The Bertz CT molecular complexity index is 677. The maximum absolute atomic E-state index is 12.6. The number of nitrogens with one attached hydrogen (secondary N) is 1. The van der Waals surface area contributed by atoms with E-state index in [9.17, 15) is 13.2 Å². The maximum atomic E-state index is 12.6. The fourth-order valence-electron chi connectivity index (χ4n) is 2.66. The molecule has 5 nitrogen and oxygen atoms in total. The number of nitrogens with two attached hydrogens (primary N) is 1. The standard InChI is InChI=1S/C16H23F3N4OS/c1-3-10(6-11(24-2)4-5-20)23-14-13-7-12(8-16(17,18)19)25-15(13)22-9-21-14/h7,9-11H,3-6,8,20H2,1-2H3,(H,21,22,23). The summed E-state index contributed by atoms with van der Waals surface area (Å²) in [4.78, 5) is 9.10. The first-order valence-corrected chi connectivity index (χ1v) is 8.97. The molecule has 2 rings (SSSR count). The number of hydrogen-bond donors (Lipinski definition) is 2. The zero-order chi connectivity index (χ0) is 18.4. The third-order valence-corrected chi connectivity index (χ3v) is 5.00. The van der Waals surface area contributed by atoms with Gasteiger partial charge in [-0.05, 0) is 31.9 Å². The van der Waals surface area contributed by atoms with Crippen LogP contribution in [0, 0.1) is 0 Å². The van der Waals surface area contributed by atoms with E-state index in [1.807, 2.05) is 6.92 Å². The molecule has 0 aliphatic rings. The van der Waals surface area contributed by atoms with Crippen molar-refractivity contribution < 1.29 is 17.9 Å². The predicted molar refractivity (Wildman–Crippen MR) is 94.0 cm³/mol. The quantitative estimate of drug-likeness (QED) is 0.697. The Morgan fingerprint density at radius 2 is 2.12 bits per heavy atom. The molecule has 0 amide bonds. The second-order valence-corrected chi connectivity index (χ2v) is 6.98. The number of anilines is 1. The van der Waals surface area contributed by atoms with Gasteiger partial charge in [0.1, 0.15) is 17.0 Å². The van der Waals surface area contributed by atoms with E-state index in [1.165, 1.54) is 12.4 Å². The molecule has 2 unspecified atom stereocenters. The van der Waals surface area contributed by atoms with Gasteiger partial charge in [-0.25, -0.2) is 9.97 Å². The molecule has 3 N–H and O–H groups in total. The van der Waals surface area contributed by atoms with Crippen LogP contribution in [0.4, 0.5) is 19.0 Å². The Kier molecular flexibility index (Phi) is 6.97. The van der Waals surface area contributed by atoms with Crippen LogP contribution in [0.25, 0.3) is 10.2 Å². The van der Waals surface area contributed by atoms with E-state index in [-0.39, 0.29) is 17.0 Å². The Labute approximate surface area is 148 Å². The van der Waals surface area contributed by atoms with Gasteiger partial charge in [-0.2, -0.15) is 13.2 Å². The third-order valence-electron chi connectivity index (χ3n) is 3.96. The van der Waals surface area contributed by atoms with Crippen LogP contribution in [0.5, 0.6) is 0 Å². The first kappa shape index (κ1) is 19.9. The van der Waals surface area contributed by atoms with Crippen molar-refractivity contribution in [3.8, 4) is 0 Å². The van der Waals surface area contributed by atoms with E-state index in [2.05, 4.69) is 15.3 Å². The van der Waals surface area contributed by atoms with E-state index in [0.717, 1.165) is 30.6 Å². The molecule has 2 heterocycles. The first-order valence-electron chi connectivity index (χ1n) is 8.15. The molecular formula is C16H23F3N4OS. The summed E-state index contributed by atoms with van der Waals surface area (Å²) in [6.45, 7) is 2.58. The topological polar surface area (TPSA) is 73.1 Å². The Morgan fingerprint density at radius 1 is 1.36 bits per heavy atom. The summed E-state index contributed by atoms with van der Waals surface area (Å²) in [6.07, 6.45) is -1.46. The minimum absolute atomic E-state index is 0.0306. The van der Waals surface area contributed by atoms with Gasteiger partial charge in [0.2, 0.25) is 0 Å². The Balaban J connectivity index is 2.18. The normalized spacial score (nSPS) is 14.6. The van der Waals surface area contributed by atoms with Gasteiger partial charge in [0, 0.05) is 18.0 Å². The van der Waals surface area contributed by atoms with Gasteiger partial charge in [-0.3, -0.25) is 0 Å². The Morgan fingerprint density at radius 3 is 2.72 bits per heavy atom. The number of alkyl halides is 3.